The lowest BCUT2D eigenvalue weighted by Crippen LogP contribution is -2.33. The number of hydrogen-bond acceptors (Lipinski definition) is 7. The van der Waals surface area contributed by atoms with E-state index in [0.29, 0.717) is 35.0 Å². The maximum Gasteiger partial charge on any atom is 0.331 e. The summed E-state index contributed by atoms with van der Waals surface area (Å²) in [5.41, 5.74) is 2.99. The average molecular weight is 477 g/mol. The number of nitrogens with one attached hydrogen (secondary N) is 1. The van der Waals surface area contributed by atoms with Gasteiger partial charge in [-0.1, -0.05) is 41.6 Å². The van der Waals surface area contributed by atoms with Gasteiger partial charge in [0, 0.05) is 17.7 Å². The van der Waals surface area contributed by atoms with Crippen molar-refractivity contribution in [2.24, 2.45) is 0 Å². The second-order valence-electron chi connectivity index (χ2n) is 8.35. The molecule has 1 aromatic heterocycles. The summed E-state index contributed by atoms with van der Waals surface area (Å²) in [5.74, 6) is 0.829. The van der Waals surface area contributed by atoms with Gasteiger partial charge in [-0.15, -0.1) is 0 Å². The molecule has 35 heavy (non-hydrogen) atoms. The second-order valence-corrected chi connectivity index (χ2v) is 8.35. The highest BCUT2D eigenvalue weighted by atomic mass is 16.5. The van der Waals surface area contributed by atoms with Crippen LogP contribution in [0.5, 0.6) is 11.5 Å². The lowest BCUT2D eigenvalue weighted by atomic mass is 10.1. The highest BCUT2D eigenvalue weighted by Crippen LogP contribution is 2.30. The highest BCUT2D eigenvalue weighted by molar-refractivity contribution is 5.91. The maximum absolute atomic E-state index is 12.7. The van der Waals surface area contributed by atoms with Gasteiger partial charge in [-0.25, -0.2) is 4.79 Å². The van der Waals surface area contributed by atoms with E-state index in [1.807, 2.05) is 19.9 Å². The Kier molecular flexibility index (Phi) is 7.50. The minimum atomic E-state index is -1.01. The van der Waals surface area contributed by atoms with E-state index >= 15 is 0 Å². The number of nitrogens with zero attached hydrogens (tertiary/aromatic N) is 1. The molecule has 1 aliphatic rings. The van der Waals surface area contributed by atoms with Crippen LogP contribution in [-0.2, 0) is 20.9 Å². The van der Waals surface area contributed by atoms with Gasteiger partial charge in [-0.05, 0) is 50.5 Å². The number of hydrogen-bond donors (Lipinski definition) is 1. The van der Waals surface area contributed by atoms with E-state index in [4.69, 9.17) is 18.7 Å². The fourth-order valence-electron chi connectivity index (χ4n) is 3.49. The van der Waals surface area contributed by atoms with E-state index in [-0.39, 0.29) is 11.9 Å². The number of benzene rings is 2. The molecule has 0 aliphatic heterocycles. The minimum Gasteiger partial charge on any atom is -0.493 e. The average Bonchev–Trinajstić information content (AvgIpc) is 3.63. The molecule has 1 atom stereocenters. The van der Waals surface area contributed by atoms with E-state index in [2.05, 4.69) is 10.5 Å². The lowest BCUT2D eigenvalue weighted by Gasteiger charge is -2.17. The van der Waals surface area contributed by atoms with Crippen LogP contribution in [0.3, 0.4) is 0 Å². The third-order valence-corrected chi connectivity index (χ3v) is 5.65. The molecule has 2 aromatic carbocycles. The van der Waals surface area contributed by atoms with Gasteiger partial charge in [-0.3, -0.25) is 4.79 Å². The molecule has 1 fully saturated rings. The fraction of sp³-hybridized carbons (Fsp3) is 0.296. The van der Waals surface area contributed by atoms with Gasteiger partial charge in [-0.2, -0.15) is 0 Å². The Balaban J connectivity index is 1.42. The van der Waals surface area contributed by atoms with Crippen molar-refractivity contribution in [1.82, 2.24) is 10.5 Å². The predicted molar refractivity (Wildman–Crippen MR) is 129 cm³/mol. The summed E-state index contributed by atoms with van der Waals surface area (Å²) < 4.78 is 22.0. The summed E-state index contributed by atoms with van der Waals surface area (Å²) in [7, 11) is 1.54. The summed E-state index contributed by atoms with van der Waals surface area (Å²) >= 11 is 0. The van der Waals surface area contributed by atoms with Crippen LogP contribution < -0.4 is 14.8 Å². The summed E-state index contributed by atoms with van der Waals surface area (Å²) in [6.45, 7) is 3.99. The Morgan fingerprint density at radius 1 is 1.14 bits per heavy atom. The number of carbonyl (C=O) groups is 2. The van der Waals surface area contributed by atoms with Gasteiger partial charge in [0.15, 0.2) is 11.5 Å². The first-order chi connectivity index (χ1) is 16.9. The van der Waals surface area contributed by atoms with Crippen molar-refractivity contribution in [3.8, 4) is 11.5 Å². The molecule has 0 saturated heterocycles. The zero-order chi connectivity index (χ0) is 24.8. The SMILES string of the molecule is COc1cc(/C=C/C(=O)O[C@@H](C(=O)NC2CC2)c2ccccc2)ccc1OCc1c(C)noc1C. The second kappa shape index (κ2) is 10.9. The molecular weight excluding hydrogens is 448 g/mol. The molecule has 8 nitrogen and oxygen atoms in total. The Hall–Kier alpha value is -4.07. The molecule has 8 heteroatoms. The van der Waals surface area contributed by atoms with Crippen LogP contribution in [0.2, 0.25) is 0 Å². The zero-order valence-electron chi connectivity index (χ0n) is 19.9. The van der Waals surface area contributed by atoms with Crippen LogP contribution in [0.1, 0.15) is 47.1 Å². The van der Waals surface area contributed by atoms with Crippen molar-refractivity contribution in [3.05, 3.63) is 82.8 Å². The van der Waals surface area contributed by atoms with Crippen LogP contribution >= 0.6 is 0 Å². The van der Waals surface area contributed by atoms with Crippen LogP contribution in [0, 0.1) is 13.8 Å². The summed E-state index contributed by atoms with van der Waals surface area (Å²) in [4.78, 5) is 25.2. The largest absolute Gasteiger partial charge is 0.493 e. The highest BCUT2D eigenvalue weighted by Gasteiger charge is 2.30. The minimum absolute atomic E-state index is 0.161. The number of amides is 1. The molecule has 1 saturated carbocycles. The predicted octanol–water partition coefficient (Wildman–Crippen LogP) is 4.46. The summed E-state index contributed by atoms with van der Waals surface area (Å²) in [6.07, 6.45) is 3.77. The number of aryl methyl sites for hydroxylation is 2. The number of esters is 1. The molecule has 1 heterocycles. The van der Waals surface area contributed by atoms with Crippen LogP contribution in [0.15, 0.2) is 59.1 Å². The van der Waals surface area contributed by atoms with Crippen molar-refractivity contribution in [1.29, 1.82) is 0 Å². The molecule has 1 amide bonds. The van der Waals surface area contributed by atoms with Crippen molar-refractivity contribution in [3.63, 3.8) is 0 Å². The number of rotatable bonds is 10. The van der Waals surface area contributed by atoms with Crippen molar-refractivity contribution < 1.29 is 28.3 Å². The van der Waals surface area contributed by atoms with E-state index in [9.17, 15) is 9.59 Å². The molecule has 0 radical (unpaired) electrons. The Morgan fingerprint density at radius 3 is 2.57 bits per heavy atom. The van der Waals surface area contributed by atoms with E-state index in [1.165, 1.54) is 6.08 Å². The molecule has 0 spiro atoms. The molecule has 0 bridgehead atoms. The fourth-order valence-corrected chi connectivity index (χ4v) is 3.49. The van der Waals surface area contributed by atoms with Gasteiger partial charge >= 0.3 is 5.97 Å². The van der Waals surface area contributed by atoms with E-state index in [0.717, 1.165) is 24.1 Å². The topological polar surface area (TPSA) is 99.9 Å². The maximum atomic E-state index is 12.7. The molecule has 3 aromatic rings. The number of aromatic nitrogens is 1. The zero-order valence-corrected chi connectivity index (χ0v) is 19.9. The third kappa shape index (κ3) is 6.29. The lowest BCUT2D eigenvalue weighted by molar-refractivity contribution is -0.151. The molecule has 4 rings (SSSR count). The van der Waals surface area contributed by atoms with E-state index in [1.54, 1.807) is 55.7 Å². The standard InChI is InChI=1S/C27H28N2O6/c1-17-22(18(2)35-29-17)16-33-23-13-9-19(15-24(23)32-3)10-14-25(30)34-26(20-7-5-4-6-8-20)27(31)28-21-11-12-21/h4-10,13-15,21,26H,11-12,16H2,1-3H3,(H,28,31)/b14-10+/t26-/m1/s1. The quantitative estimate of drug-likeness (QED) is 0.341. The van der Waals surface area contributed by atoms with Crippen molar-refractivity contribution in [2.75, 3.05) is 7.11 Å². The van der Waals surface area contributed by atoms with Gasteiger partial charge < -0.3 is 24.1 Å². The smallest absolute Gasteiger partial charge is 0.331 e. The van der Waals surface area contributed by atoms with Crippen LogP contribution in [0.25, 0.3) is 6.08 Å². The van der Waals surface area contributed by atoms with Gasteiger partial charge in [0.25, 0.3) is 5.91 Å². The summed E-state index contributed by atoms with van der Waals surface area (Å²) in [5, 5.41) is 6.83. The Bertz CT molecular complexity index is 1190. The Labute approximate surface area is 203 Å². The normalized spacial score (nSPS) is 13.9. The first-order valence-electron chi connectivity index (χ1n) is 11.4. The Morgan fingerprint density at radius 2 is 1.91 bits per heavy atom. The number of ether oxygens (including phenoxy) is 3. The van der Waals surface area contributed by atoms with Crippen LogP contribution in [-0.4, -0.2) is 30.2 Å². The van der Waals surface area contributed by atoms with Gasteiger partial charge in [0.05, 0.1) is 18.4 Å². The van der Waals surface area contributed by atoms with Crippen LogP contribution in [0.4, 0.5) is 0 Å². The molecule has 1 aliphatic carbocycles. The molecular formula is C27H28N2O6. The number of carbonyl (C=O) groups excluding carboxylic acids is 2. The third-order valence-electron chi connectivity index (χ3n) is 5.65. The monoisotopic (exact) mass is 476 g/mol. The number of methoxy groups -OCH3 is 1. The van der Waals surface area contributed by atoms with E-state index < -0.39 is 12.1 Å². The van der Waals surface area contributed by atoms with Crippen molar-refractivity contribution in [2.45, 2.75) is 45.4 Å². The molecule has 1 N–H and O–H groups in total. The van der Waals surface area contributed by atoms with Crippen molar-refractivity contribution >= 4 is 18.0 Å². The molecule has 0 unspecified atom stereocenters. The first-order valence-corrected chi connectivity index (χ1v) is 11.4. The first kappa shape index (κ1) is 24.1. The summed E-state index contributed by atoms with van der Waals surface area (Å²) in [6, 6.07) is 14.4. The van der Waals surface area contributed by atoms with Gasteiger partial charge in [0.1, 0.15) is 12.4 Å². The molecule has 182 valence electrons. The van der Waals surface area contributed by atoms with Gasteiger partial charge in [0.2, 0.25) is 6.10 Å².